The molecular weight excluding hydrogens is 442 g/mol. The lowest BCUT2D eigenvalue weighted by molar-refractivity contribution is -0.146. The van der Waals surface area contributed by atoms with Gasteiger partial charge >= 0.3 is 11.6 Å². The maximum absolute atomic E-state index is 12.2. The van der Waals surface area contributed by atoms with Crippen LogP contribution in [-0.4, -0.2) is 31.6 Å². The van der Waals surface area contributed by atoms with Gasteiger partial charge in [-0.1, -0.05) is 30.3 Å². The average molecular weight is 460 g/mol. The van der Waals surface area contributed by atoms with Gasteiger partial charge < -0.3 is 19.2 Å². The number of nitrogens with one attached hydrogen (secondary N) is 1. The highest BCUT2D eigenvalue weighted by atomic mass is 79.9. The van der Waals surface area contributed by atoms with E-state index in [9.17, 15) is 14.4 Å². The zero-order valence-corrected chi connectivity index (χ0v) is 16.9. The molecule has 0 aliphatic heterocycles. The van der Waals surface area contributed by atoms with Crippen molar-refractivity contribution in [2.45, 2.75) is 6.42 Å². The zero-order valence-electron chi connectivity index (χ0n) is 15.4. The van der Waals surface area contributed by atoms with Crippen LogP contribution in [0.1, 0.15) is 16.8 Å². The molecule has 0 bridgehead atoms. The lowest BCUT2D eigenvalue weighted by Gasteiger charge is -2.09. The Morgan fingerprint density at radius 2 is 1.83 bits per heavy atom. The summed E-state index contributed by atoms with van der Waals surface area (Å²) in [5, 5.41) is 3.28. The number of hydrogen-bond acceptors (Lipinski definition) is 6. The maximum Gasteiger partial charge on any atom is 0.349 e. The topological polar surface area (TPSA) is 94.8 Å². The first-order valence-electron chi connectivity index (χ1n) is 8.88. The molecule has 0 fully saturated rings. The Balaban J connectivity index is 1.40. The minimum absolute atomic E-state index is 0.0671. The number of rotatable bonds is 8. The van der Waals surface area contributed by atoms with Crippen LogP contribution in [0.2, 0.25) is 0 Å². The van der Waals surface area contributed by atoms with Crippen LogP contribution < -0.4 is 15.7 Å². The van der Waals surface area contributed by atoms with Crippen molar-refractivity contribution in [3.8, 4) is 5.75 Å². The third kappa shape index (κ3) is 5.68. The van der Waals surface area contributed by atoms with Gasteiger partial charge in [-0.15, -0.1) is 0 Å². The summed E-state index contributed by atoms with van der Waals surface area (Å²) in [5.41, 5.74) is -0.343. The van der Waals surface area contributed by atoms with Gasteiger partial charge in [-0.05, 0) is 46.6 Å². The van der Waals surface area contributed by atoms with Crippen LogP contribution in [0, 0.1) is 0 Å². The molecule has 0 aliphatic rings. The minimum atomic E-state index is -0.697. The molecule has 1 aromatic heterocycles. The van der Waals surface area contributed by atoms with Crippen molar-refractivity contribution in [1.29, 1.82) is 0 Å². The van der Waals surface area contributed by atoms with Crippen LogP contribution in [0.15, 0.2) is 68.3 Å². The van der Waals surface area contributed by atoms with Gasteiger partial charge in [0.25, 0.3) is 5.91 Å². The van der Waals surface area contributed by atoms with Crippen molar-refractivity contribution in [3.63, 3.8) is 0 Å². The lowest BCUT2D eigenvalue weighted by Crippen LogP contribution is -2.29. The van der Waals surface area contributed by atoms with Crippen LogP contribution in [0.5, 0.6) is 5.75 Å². The first-order chi connectivity index (χ1) is 14.0. The zero-order chi connectivity index (χ0) is 20.6. The third-order valence-corrected chi connectivity index (χ3v) is 4.59. The monoisotopic (exact) mass is 459 g/mol. The van der Waals surface area contributed by atoms with E-state index in [1.54, 1.807) is 42.5 Å². The number of hydrogen-bond donors (Lipinski definition) is 1. The standard InChI is InChI=1S/C21H18BrNO6/c22-16-7-2-4-9-18(16)28-13-19(24)27-11-5-10-23-20(25)15-12-14-6-1-3-8-17(14)29-21(15)26/h1-4,6-9,12H,5,10-11,13H2,(H,23,25). The molecule has 0 saturated carbocycles. The molecule has 29 heavy (non-hydrogen) atoms. The molecule has 150 valence electrons. The molecule has 1 amide bonds. The highest BCUT2D eigenvalue weighted by Gasteiger charge is 2.13. The van der Waals surface area contributed by atoms with Crippen molar-refractivity contribution in [2.75, 3.05) is 19.8 Å². The van der Waals surface area contributed by atoms with Crippen LogP contribution in [0.3, 0.4) is 0 Å². The summed E-state index contributed by atoms with van der Waals surface area (Å²) in [6, 6.07) is 15.6. The van der Waals surface area contributed by atoms with Crippen LogP contribution in [-0.2, 0) is 9.53 Å². The fourth-order valence-corrected chi connectivity index (χ4v) is 2.91. The molecule has 1 N–H and O–H groups in total. The molecule has 0 aliphatic carbocycles. The van der Waals surface area contributed by atoms with E-state index in [2.05, 4.69) is 21.2 Å². The maximum atomic E-state index is 12.2. The van der Waals surface area contributed by atoms with Gasteiger partial charge in [0, 0.05) is 11.9 Å². The molecule has 3 rings (SSSR count). The highest BCUT2D eigenvalue weighted by Crippen LogP contribution is 2.23. The number of halogens is 1. The quantitative estimate of drug-likeness (QED) is 0.315. The summed E-state index contributed by atoms with van der Waals surface area (Å²) < 4.78 is 16.3. The predicted molar refractivity (Wildman–Crippen MR) is 110 cm³/mol. The van der Waals surface area contributed by atoms with E-state index in [-0.39, 0.29) is 25.3 Å². The van der Waals surface area contributed by atoms with Gasteiger partial charge in [0.1, 0.15) is 16.9 Å². The molecule has 1 heterocycles. The predicted octanol–water partition coefficient (Wildman–Crippen LogP) is 3.30. The molecule has 0 radical (unpaired) electrons. The molecule has 0 atom stereocenters. The van der Waals surface area contributed by atoms with Crippen molar-refractivity contribution < 1.29 is 23.5 Å². The summed E-state index contributed by atoms with van der Waals surface area (Å²) in [6.45, 7) is 0.140. The van der Waals surface area contributed by atoms with E-state index in [4.69, 9.17) is 13.9 Å². The second-order valence-corrected chi connectivity index (χ2v) is 6.89. The third-order valence-electron chi connectivity index (χ3n) is 3.94. The summed E-state index contributed by atoms with van der Waals surface area (Å²) in [4.78, 5) is 35.9. The number of carbonyl (C=O) groups is 2. The Kier molecular flexibility index (Phi) is 7.02. The van der Waals surface area contributed by atoms with Gasteiger partial charge in [-0.25, -0.2) is 9.59 Å². The van der Waals surface area contributed by atoms with Crippen molar-refractivity contribution >= 4 is 38.8 Å². The van der Waals surface area contributed by atoms with E-state index >= 15 is 0 Å². The number of fused-ring (bicyclic) bond motifs is 1. The Bertz CT molecular complexity index is 1080. The lowest BCUT2D eigenvalue weighted by atomic mass is 10.2. The van der Waals surface area contributed by atoms with E-state index in [1.807, 2.05) is 6.07 Å². The number of para-hydroxylation sites is 2. The Hall–Kier alpha value is -3.13. The Morgan fingerprint density at radius 1 is 1.07 bits per heavy atom. The summed E-state index contributed by atoms with van der Waals surface area (Å²) in [7, 11) is 0. The molecular formula is C21H18BrNO6. The van der Waals surface area contributed by atoms with Gasteiger partial charge in [0.05, 0.1) is 11.1 Å². The van der Waals surface area contributed by atoms with Crippen molar-refractivity contribution in [1.82, 2.24) is 5.32 Å². The normalized spacial score (nSPS) is 10.5. The molecule has 0 unspecified atom stereocenters. The second kappa shape index (κ2) is 9.88. The molecule has 8 heteroatoms. The number of amides is 1. The fourth-order valence-electron chi connectivity index (χ4n) is 2.52. The number of esters is 1. The van der Waals surface area contributed by atoms with E-state index in [1.165, 1.54) is 6.07 Å². The first-order valence-corrected chi connectivity index (χ1v) is 9.68. The van der Waals surface area contributed by atoms with Crippen LogP contribution in [0.4, 0.5) is 0 Å². The Morgan fingerprint density at radius 3 is 2.66 bits per heavy atom. The minimum Gasteiger partial charge on any atom is -0.481 e. The van der Waals surface area contributed by atoms with Crippen LogP contribution >= 0.6 is 15.9 Å². The van der Waals surface area contributed by atoms with Gasteiger partial charge in [-0.3, -0.25) is 4.79 Å². The number of carbonyl (C=O) groups excluding carboxylic acids is 2. The summed E-state index contributed by atoms with van der Waals surface area (Å²) in [6.07, 6.45) is 0.394. The first kappa shape index (κ1) is 20.6. The van der Waals surface area contributed by atoms with Crippen molar-refractivity contribution in [2.24, 2.45) is 0 Å². The molecule has 0 spiro atoms. The van der Waals surface area contributed by atoms with Crippen LogP contribution in [0.25, 0.3) is 11.0 Å². The van der Waals surface area contributed by atoms with E-state index < -0.39 is 17.5 Å². The smallest absolute Gasteiger partial charge is 0.349 e. The second-order valence-electron chi connectivity index (χ2n) is 6.03. The molecule has 7 nitrogen and oxygen atoms in total. The van der Waals surface area contributed by atoms with Gasteiger partial charge in [0.2, 0.25) is 0 Å². The number of ether oxygens (including phenoxy) is 2. The molecule has 3 aromatic rings. The molecule has 2 aromatic carbocycles. The van der Waals surface area contributed by atoms with Gasteiger partial charge in [-0.2, -0.15) is 0 Å². The highest BCUT2D eigenvalue weighted by molar-refractivity contribution is 9.10. The fraction of sp³-hybridized carbons (Fsp3) is 0.190. The summed E-state index contributed by atoms with van der Waals surface area (Å²) >= 11 is 3.32. The SMILES string of the molecule is O=C(COc1ccccc1Br)OCCCNC(=O)c1cc2ccccc2oc1=O. The summed E-state index contributed by atoms with van der Waals surface area (Å²) in [5.74, 6) is -0.499. The Labute approximate surface area is 174 Å². The number of benzene rings is 2. The van der Waals surface area contributed by atoms with Crippen molar-refractivity contribution in [3.05, 3.63) is 75.1 Å². The van der Waals surface area contributed by atoms with Gasteiger partial charge in [0.15, 0.2) is 6.61 Å². The van der Waals surface area contributed by atoms with E-state index in [0.29, 0.717) is 23.1 Å². The van der Waals surface area contributed by atoms with E-state index in [0.717, 1.165) is 4.47 Å². The molecule has 0 saturated heterocycles. The average Bonchev–Trinajstić information content (AvgIpc) is 2.72. The largest absolute Gasteiger partial charge is 0.481 e.